The smallest absolute Gasteiger partial charge is 0.414 e. The van der Waals surface area contributed by atoms with Gasteiger partial charge in [0.15, 0.2) is 0 Å². The number of rotatable bonds is 6. The van der Waals surface area contributed by atoms with Crippen molar-refractivity contribution in [3.8, 4) is 0 Å². The highest BCUT2D eigenvalue weighted by atomic mass is 19.1. The lowest BCUT2D eigenvalue weighted by atomic mass is 10.2. The summed E-state index contributed by atoms with van der Waals surface area (Å²) in [6, 6.07) is 14.3. The van der Waals surface area contributed by atoms with Crippen LogP contribution in [0.4, 0.5) is 15.8 Å². The summed E-state index contributed by atoms with van der Waals surface area (Å²) in [5.74, 6) is -4.07. The molecular weight excluding hydrogens is 409 g/mol. The summed E-state index contributed by atoms with van der Waals surface area (Å²) in [6.07, 6.45) is 0. The van der Waals surface area contributed by atoms with Crippen LogP contribution in [0.25, 0.3) is 0 Å². The standard InChI is InChI=1S/C19H22FN3O2.C2H2O4/c20-16-6-2-1-5-15(16)13-21-14-19(24)22-17-7-3-4-8-18(17)23-9-11-25-12-10-23;3-1(4)2(5)6/h1-8,21H,9-14H2,(H,22,24);(H,3,4)(H,5,6). The number of carboxylic acids is 2. The zero-order valence-corrected chi connectivity index (χ0v) is 16.7. The maximum atomic E-state index is 13.6. The number of anilines is 2. The fourth-order valence-electron chi connectivity index (χ4n) is 2.81. The molecule has 3 rings (SSSR count). The van der Waals surface area contributed by atoms with E-state index in [9.17, 15) is 9.18 Å². The highest BCUT2D eigenvalue weighted by Crippen LogP contribution is 2.26. The van der Waals surface area contributed by atoms with E-state index in [1.54, 1.807) is 18.2 Å². The predicted octanol–water partition coefficient (Wildman–Crippen LogP) is 1.55. The van der Waals surface area contributed by atoms with Gasteiger partial charge < -0.3 is 30.5 Å². The van der Waals surface area contributed by atoms with Gasteiger partial charge in [0.2, 0.25) is 5.91 Å². The number of carbonyl (C=O) groups is 3. The Hall–Kier alpha value is -3.50. The van der Waals surface area contributed by atoms with Crippen molar-refractivity contribution in [2.24, 2.45) is 0 Å². The first-order valence-corrected chi connectivity index (χ1v) is 9.50. The molecule has 0 unspecified atom stereocenters. The zero-order valence-electron chi connectivity index (χ0n) is 16.7. The van der Waals surface area contributed by atoms with Crippen LogP contribution in [0.3, 0.4) is 0 Å². The maximum absolute atomic E-state index is 13.6. The van der Waals surface area contributed by atoms with E-state index in [0.717, 1.165) is 24.5 Å². The molecule has 1 saturated heterocycles. The monoisotopic (exact) mass is 433 g/mol. The largest absolute Gasteiger partial charge is 0.473 e. The molecule has 1 aliphatic heterocycles. The first-order valence-electron chi connectivity index (χ1n) is 9.50. The highest BCUT2D eigenvalue weighted by Gasteiger charge is 2.15. The van der Waals surface area contributed by atoms with E-state index >= 15 is 0 Å². The van der Waals surface area contributed by atoms with Crippen molar-refractivity contribution < 1.29 is 33.7 Å². The van der Waals surface area contributed by atoms with Crippen molar-refractivity contribution in [3.63, 3.8) is 0 Å². The summed E-state index contributed by atoms with van der Waals surface area (Å²) >= 11 is 0. The summed E-state index contributed by atoms with van der Waals surface area (Å²) in [4.78, 5) is 32.6. The topological polar surface area (TPSA) is 128 Å². The van der Waals surface area contributed by atoms with Crippen molar-refractivity contribution in [1.82, 2.24) is 5.32 Å². The van der Waals surface area contributed by atoms with Crippen molar-refractivity contribution >= 4 is 29.2 Å². The second-order valence-electron chi connectivity index (χ2n) is 6.47. The number of morpholine rings is 1. The number of para-hydroxylation sites is 2. The fraction of sp³-hybridized carbons (Fsp3) is 0.286. The number of nitrogens with one attached hydrogen (secondary N) is 2. The van der Waals surface area contributed by atoms with E-state index < -0.39 is 11.9 Å². The molecule has 0 atom stereocenters. The molecule has 0 aromatic heterocycles. The van der Waals surface area contributed by atoms with E-state index in [-0.39, 0.29) is 18.3 Å². The number of aliphatic carboxylic acids is 2. The Morgan fingerprint density at radius 3 is 2.23 bits per heavy atom. The molecule has 0 spiro atoms. The summed E-state index contributed by atoms with van der Waals surface area (Å²) < 4.78 is 18.9. The molecule has 9 nitrogen and oxygen atoms in total. The van der Waals surface area contributed by atoms with E-state index in [1.807, 2.05) is 24.3 Å². The number of benzene rings is 2. The van der Waals surface area contributed by atoms with Gasteiger partial charge in [-0.2, -0.15) is 0 Å². The number of hydrogen-bond acceptors (Lipinski definition) is 6. The number of carbonyl (C=O) groups excluding carboxylic acids is 1. The SMILES string of the molecule is O=C(CNCc1ccccc1F)Nc1ccccc1N1CCOCC1.O=C(O)C(=O)O. The number of amides is 1. The van der Waals surface area contributed by atoms with Crippen LogP contribution in [0.5, 0.6) is 0 Å². The Bertz CT molecular complexity index is 890. The van der Waals surface area contributed by atoms with E-state index in [0.29, 0.717) is 25.3 Å². The van der Waals surface area contributed by atoms with Crippen molar-refractivity contribution in [3.05, 3.63) is 59.9 Å². The molecule has 0 radical (unpaired) electrons. The Balaban J connectivity index is 0.000000501. The molecule has 0 bridgehead atoms. The number of carboxylic acid groups (broad SMARTS) is 2. The number of nitrogens with zero attached hydrogens (tertiary/aromatic N) is 1. The van der Waals surface area contributed by atoms with E-state index in [1.165, 1.54) is 6.07 Å². The van der Waals surface area contributed by atoms with Gasteiger partial charge in [0.25, 0.3) is 0 Å². The maximum Gasteiger partial charge on any atom is 0.414 e. The molecule has 1 fully saturated rings. The van der Waals surface area contributed by atoms with Gasteiger partial charge in [-0.05, 0) is 18.2 Å². The van der Waals surface area contributed by atoms with Crippen molar-refractivity contribution in [1.29, 1.82) is 0 Å². The molecule has 4 N–H and O–H groups in total. The van der Waals surface area contributed by atoms with E-state index in [2.05, 4.69) is 15.5 Å². The van der Waals surface area contributed by atoms with Crippen LogP contribution in [0.2, 0.25) is 0 Å². The van der Waals surface area contributed by atoms with Crippen LogP contribution < -0.4 is 15.5 Å². The second-order valence-corrected chi connectivity index (χ2v) is 6.47. The third-order valence-electron chi connectivity index (χ3n) is 4.27. The van der Waals surface area contributed by atoms with Gasteiger partial charge in [0, 0.05) is 25.2 Å². The number of ether oxygens (including phenoxy) is 1. The second kappa shape index (κ2) is 12.3. The lowest BCUT2D eigenvalue weighted by molar-refractivity contribution is -0.159. The minimum atomic E-state index is -1.82. The van der Waals surface area contributed by atoms with Crippen LogP contribution in [-0.2, 0) is 25.7 Å². The molecule has 31 heavy (non-hydrogen) atoms. The molecule has 166 valence electrons. The zero-order chi connectivity index (χ0) is 22.6. The first-order chi connectivity index (χ1) is 14.9. The quantitative estimate of drug-likeness (QED) is 0.505. The third-order valence-corrected chi connectivity index (χ3v) is 4.27. The molecule has 1 aliphatic rings. The van der Waals surface area contributed by atoms with E-state index in [4.69, 9.17) is 24.5 Å². The molecule has 2 aromatic rings. The summed E-state index contributed by atoms with van der Waals surface area (Å²) in [5.41, 5.74) is 2.32. The van der Waals surface area contributed by atoms with Crippen LogP contribution in [0.15, 0.2) is 48.5 Å². The predicted molar refractivity (Wildman–Crippen MR) is 111 cm³/mol. The third kappa shape index (κ3) is 8.03. The highest BCUT2D eigenvalue weighted by molar-refractivity contribution is 6.27. The summed E-state index contributed by atoms with van der Waals surface area (Å²) in [7, 11) is 0. The fourth-order valence-corrected chi connectivity index (χ4v) is 2.81. The van der Waals surface area contributed by atoms with Gasteiger partial charge in [-0.25, -0.2) is 14.0 Å². The molecule has 1 amide bonds. The number of halogens is 1. The van der Waals surface area contributed by atoms with Gasteiger partial charge in [-0.15, -0.1) is 0 Å². The van der Waals surface area contributed by atoms with Gasteiger partial charge >= 0.3 is 11.9 Å². The lowest BCUT2D eigenvalue weighted by Gasteiger charge is -2.30. The van der Waals surface area contributed by atoms with Gasteiger partial charge in [0.1, 0.15) is 5.82 Å². The van der Waals surface area contributed by atoms with Crippen LogP contribution in [0, 0.1) is 5.82 Å². The van der Waals surface area contributed by atoms with Gasteiger partial charge in [-0.3, -0.25) is 4.79 Å². The number of hydrogen-bond donors (Lipinski definition) is 4. The average molecular weight is 433 g/mol. The Labute approximate surface area is 178 Å². The molecule has 2 aromatic carbocycles. The summed E-state index contributed by atoms with van der Waals surface area (Å²) in [5, 5.41) is 20.7. The molecule has 0 saturated carbocycles. The minimum absolute atomic E-state index is 0.117. The Kier molecular flexibility index (Phi) is 9.40. The first kappa shape index (κ1) is 23.8. The Morgan fingerprint density at radius 1 is 0.968 bits per heavy atom. The van der Waals surface area contributed by atoms with Crippen LogP contribution >= 0.6 is 0 Å². The minimum Gasteiger partial charge on any atom is -0.473 e. The molecule has 1 heterocycles. The Morgan fingerprint density at radius 2 is 1.58 bits per heavy atom. The molecular formula is C21H24FN3O6. The van der Waals surface area contributed by atoms with Gasteiger partial charge in [-0.1, -0.05) is 30.3 Å². The molecule has 10 heteroatoms. The van der Waals surface area contributed by atoms with Crippen molar-refractivity contribution in [2.45, 2.75) is 6.54 Å². The van der Waals surface area contributed by atoms with Crippen LogP contribution in [-0.4, -0.2) is 60.9 Å². The molecule has 0 aliphatic carbocycles. The average Bonchev–Trinajstić information content (AvgIpc) is 2.76. The lowest BCUT2D eigenvalue weighted by Crippen LogP contribution is -2.37. The van der Waals surface area contributed by atoms with Crippen LogP contribution in [0.1, 0.15) is 5.56 Å². The summed E-state index contributed by atoms with van der Waals surface area (Å²) in [6.45, 7) is 3.41. The normalized spacial score (nSPS) is 13.0. The van der Waals surface area contributed by atoms with Crippen molar-refractivity contribution in [2.75, 3.05) is 43.1 Å². The van der Waals surface area contributed by atoms with Gasteiger partial charge in [0.05, 0.1) is 31.1 Å².